The number of nitrogens with zero attached hydrogens (tertiary/aromatic N) is 1. The third-order valence-corrected chi connectivity index (χ3v) is 3.42. The minimum Gasteiger partial charge on any atom is -0.322 e. The number of carbonyl (C=O) groups excluding carboxylic acids is 1. The number of hydrogen-bond acceptors (Lipinski definition) is 3. The Labute approximate surface area is 123 Å². The molecule has 0 aliphatic carbocycles. The Morgan fingerprint density at radius 1 is 1.10 bits per heavy atom. The van der Waals surface area contributed by atoms with E-state index in [0.717, 1.165) is 22.6 Å². The van der Waals surface area contributed by atoms with Crippen molar-refractivity contribution in [2.75, 3.05) is 11.9 Å². The van der Waals surface area contributed by atoms with Gasteiger partial charge in [-0.05, 0) is 24.2 Å². The van der Waals surface area contributed by atoms with Gasteiger partial charge in [0.05, 0.1) is 17.1 Å². The molecule has 0 fully saturated rings. The Kier molecular flexibility index (Phi) is 3.79. The molecule has 1 aliphatic heterocycles. The normalized spacial score (nSPS) is 17.5. The Morgan fingerprint density at radius 3 is 2.57 bits per heavy atom. The van der Waals surface area contributed by atoms with E-state index in [-0.39, 0.29) is 5.91 Å². The lowest BCUT2D eigenvalue weighted by Crippen LogP contribution is -2.46. The lowest BCUT2D eigenvalue weighted by Gasteiger charge is -2.17. The third-order valence-electron chi connectivity index (χ3n) is 3.42. The standard InChI is InChI=1S/C17H17N3O/c1-2-18-16-15(12-8-4-3-5-9-12)19-13-10-6-7-11-14(13)20-17(16)21/h3-11,16,18H,2H2,1H3,(H,20,21)/t16-/m1/s1. The molecule has 2 N–H and O–H groups in total. The summed E-state index contributed by atoms with van der Waals surface area (Å²) < 4.78 is 0. The van der Waals surface area contributed by atoms with Gasteiger partial charge in [0, 0.05) is 0 Å². The van der Waals surface area contributed by atoms with Gasteiger partial charge in [0.1, 0.15) is 6.04 Å². The molecular formula is C17H17N3O. The molecule has 1 atom stereocenters. The molecule has 21 heavy (non-hydrogen) atoms. The maximum absolute atomic E-state index is 12.5. The summed E-state index contributed by atoms with van der Waals surface area (Å²) in [5.74, 6) is -0.0793. The summed E-state index contributed by atoms with van der Waals surface area (Å²) in [6, 6.07) is 17.0. The quantitative estimate of drug-likeness (QED) is 0.907. The van der Waals surface area contributed by atoms with E-state index in [1.165, 1.54) is 0 Å². The molecule has 0 aromatic heterocycles. The van der Waals surface area contributed by atoms with Crippen LogP contribution in [0.15, 0.2) is 59.6 Å². The van der Waals surface area contributed by atoms with Crippen LogP contribution in [0.2, 0.25) is 0 Å². The van der Waals surface area contributed by atoms with Crippen LogP contribution in [0.25, 0.3) is 0 Å². The zero-order valence-corrected chi connectivity index (χ0v) is 11.8. The van der Waals surface area contributed by atoms with Gasteiger partial charge in [-0.1, -0.05) is 49.4 Å². The number of hydrogen-bond donors (Lipinski definition) is 2. The third kappa shape index (κ3) is 2.71. The SMILES string of the molecule is CCN[C@H]1C(=O)Nc2ccccc2N=C1c1ccccc1. The van der Waals surface area contributed by atoms with E-state index >= 15 is 0 Å². The Balaban J connectivity index is 2.14. The van der Waals surface area contributed by atoms with E-state index in [9.17, 15) is 4.79 Å². The molecule has 0 radical (unpaired) electrons. The summed E-state index contributed by atoms with van der Waals surface area (Å²) >= 11 is 0. The first-order valence-electron chi connectivity index (χ1n) is 7.07. The number of amides is 1. The number of fused-ring (bicyclic) bond motifs is 1. The fourth-order valence-corrected chi connectivity index (χ4v) is 2.43. The lowest BCUT2D eigenvalue weighted by molar-refractivity contribution is -0.116. The molecule has 1 amide bonds. The molecule has 2 aromatic carbocycles. The molecule has 0 bridgehead atoms. The average molecular weight is 279 g/mol. The number of rotatable bonds is 3. The predicted molar refractivity (Wildman–Crippen MR) is 85.2 cm³/mol. The highest BCUT2D eigenvalue weighted by Gasteiger charge is 2.28. The van der Waals surface area contributed by atoms with Crippen LogP contribution < -0.4 is 10.6 Å². The molecular weight excluding hydrogens is 262 g/mol. The Hall–Kier alpha value is -2.46. The van der Waals surface area contributed by atoms with E-state index in [1.54, 1.807) is 0 Å². The lowest BCUT2D eigenvalue weighted by atomic mass is 10.0. The van der Waals surface area contributed by atoms with Crippen LogP contribution in [0.4, 0.5) is 11.4 Å². The molecule has 0 spiro atoms. The topological polar surface area (TPSA) is 53.5 Å². The van der Waals surface area contributed by atoms with Crippen LogP contribution in [0, 0.1) is 0 Å². The van der Waals surface area contributed by atoms with E-state index in [0.29, 0.717) is 6.54 Å². The molecule has 4 nitrogen and oxygen atoms in total. The molecule has 106 valence electrons. The number of aliphatic imine (C=N–C) groups is 1. The second kappa shape index (κ2) is 5.89. The first-order chi connectivity index (χ1) is 10.3. The summed E-state index contributed by atoms with van der Waals surface area (Å²) in [6.45, 7) is 2.67. The smallest absolute Gasteiger partial charge is 0.247 e. The summed E-state index contributed by atoms with van der Waals surface area (Å²) in [4.78, 5) is 17.2. The van der Waals surface area contributed by atoms with Crippen LogP contribution in [0.5, 0.6) is 0 Å². The van der Waals surface area contributed by atoms with Gasteiger partial charge in [-0.3, -0.25) is 4.79 Å². The van der Waals surface area contributed by atoms with Crippen molar-refractivity contribution >= 4 is 23.0 Å². The Bertz CT molecular complexity index is 679. The molecule has 0 unspecified atom stereocenters. The largest absolute Gasteiger partial charge is 0.322 e. The van der Waals surface area contributed by atoms with Crippen molar-refractivity contribution in [3.05, 3.63) is 60.2 Å². The van der Waals surface area contributed by atoms with Gasteiger partial charge in [0.15, 0.2) is 0 Å². The summed E-state index contributed by atoms with van der Waals surface area (Å²) in [6.07, 6.45) is 0. The van der Waals surface area contributed by atoms with Crippen molar-refractivity contribution in [3.8, 4) is 0 Å². The number of carbonyl (C=O) groups is 1. The highest BCUT2D eigenvalue weighted by atomic mass is 16.2. The molecule has 4 heteroatoms. The van der Waals surface area contributed by atoms with E-state index in [4.69, 9.17) is 4.99 Å². The molecule has 1 aliphatic rings. The van der Waals surface area contributed by atoms with Gasteiger partial charge < -0.3 is 10.6 Å². The maximum Gasteiger partial charge on any atom is 0.247 e. The number of likely N-dealkylation sites (N-methyl/N-ethyl adjacent to an activating group) is 1. The molecule has 0 saturated carbocycles. The molecule has 2 aromatic rings. The second-order valence-electron chi connectivity index (χ2n) is 4.86. The van der Waals surface area contributed by atoms with E-state index in [1.807, 2.05) is 61.5 Å². The highest BCUT2D eigenvalue weighted by molar-refractivity contribution is 6.22. The van der Waals surface area contributed by atoms with Gasteiger partial charge in [-0.25, -0.2) is 4.99 Å². The summed E-state index contributed by atoms with van der Waals surface area (Å²) in [5, 5.41) is 6.16. The van der Waals surface area contributed by atoms with Gasteiger partial charge in [0.2, 0.25) is 5.91 Å². The second-order valence-corrected chi connectivity index (χ2v) is 4.86. The number of para-hydroxylation sites is 2. The molecule has 1 heterocycles. The molecule has 0 saturated heterocycles. The first kappa shape index (κ1) is 13.5. The van der Waals surface area contributed by atoms with Gasteiger partial charge in [-0.2, -0.15) is 0 Å². The monoisotopic (exact) mass is 279 g/mol. The van der Waals surface area contributed by atoms with Gasteiger partial charge in [0.25, 0.3) is 0 Å². The van der Waals surface area contributed by atoms with Crippen LogP contribution in [-0.4, -0.2) is 24.2 Å². The average Bonchev–Trinajstić information content (AvgIpc) is 2.66. The van der Waals surface area contributed by atoms with Gasteiger partial charge in [-0.15, -0.1) is 0 Å². The zero-order valence-electron chi connectivity index (χ0n) is 11.8. The van der Waals surface area contributed by atoms with Crippen molar-refractivity contribution in [1.29, 1.82) is 0 Å². The van der Waals surface area contributed by atoms with Crippen molar-refractivity contribution in [2.24, 2.45) is 4.99 Å². The number of anilines is 1. The Morgan fingerprint density at radius 2 is 1.81 bits per heavy atom. The highest BCUT2D eigenvalue weighted by Crippen LogP contribution is 2.28. The van der Waals surface area contributed by atoms with Crippen LogP contribution in [0.1, 0.15) is 12.5 Å². The first-order valence-corrected chi connectivity index (χ1v) is 7.07. The van der Waals surface area contributed by atoms with E-state index in [2.05, 4.69) is 10.6 Å². The van der Waals surface area contributed by atoms with Crippen molar-refractivity contribution < 1.29 is 4.79 Å². The minimum absolute atomic E-state index is 0.0793. The van der Waals surface area contributed by atoms with Crippen molar-refractivity contribution in [3.63, 3.8) is 0 Å². The number of nitrogens with one attached hydrogen (secondary N) is 2. The van der Waals surface area contributed by atoms with Crippen LogP contribution in [0.3, 0.4) is 0 Å². The fraction of sp³-hybridized carbons (Fsp3) is 0.176. The van der Waals surface area contributed by atoms with Crippen LogP contribution >= 0.6 is 0 Å². The predicted octanol–water partition coefficient (Wildman–Crippen LogP) is 2.74. The maximum atomic E-state index is 12.5. The van der Waals surface area contributed by atoms with E-state index < -0.39 is 6.04 Å². The van der Waals surface area contributed by atoms with Crippen molar-refractivity contribution in [1.82, 2.24) is 5.32 Å². The summed E-state index contributed by atoms with van der Waals surface area (Å²) in [7, 11) is 0. The molecule has 3 rings (SSSR count). The van der Waals surface area contributed by atoms with Crippen LogP contribution in [-0.2, 0) is 4.79 Å². The fourth-order valence-electron chi connectivity index (χ4n) is 2.43. The minimum atomic E-state index is -0.454. The van der Waals surface area contributed by atoms with Gasteiger partial charge >= 0.3 is 0 Å². The number of benzene rings is 2. The summed E-state index contributed by atoms with van der Waals surface area (Å²) in [5.41, 5.74) is 3.23. The zero-order chi connectivity index (χ0) is 14.7. The van der Waals surface area contributed by atoms with Crippen molar-refractivity contribution in [2.45, 2.75) is 13.0 Å².